The second-order valence-corrected chi connectivity index (χ2v) is 10.7. The van der Waals surface area contributed by atoms with Crippen LogP contribution in [0.15, 0.2) is 35.5 Å². The average molecular weight is 502 g/mol. The number of halogens is 1. The lowest BCUT2D eigenvalue weighted by Crippen LogP contribution is -2.37. The highest BCUT2D eigenvalue weighted by Gasteiger charge is 2.20. The normalized spacial score (nSPS) is 17.5. The van der Waals surface area contributed by atoms with Crippen molar-refractivity contribution >= 4 is 35.1 Å². The smallest absolute Gasteiger partial charge is 0.251 e. The molecule has 1 aliphatic heterocycles. The number of nitrogens with zero attached hydrogens (tertiary/aromatic N) is 4. The van der Waals surface area contributed by atoms with E-state index in [1.54, 1.807) is 11.8 Å². The molecule has 0 atom stereocenters. The molecule has 34 heavy (non-hydrogen) atoms. The zero-order chi connectivity index (χ0) is 23.8. The van der Waals surface area contributed by atoms with Crippen LogP contribution in [0, 0.1) is 0 Å². The van der Waals surface area contributed by atoms with Crippen molar-refractivity contribution in [1.82, 2.24) is 20.2 Å². The number of amides is 1. The summed E-state index contributed by atoms with van der Waals surface area (Å²) in [6.45, 7) is 3.90. The van der Waals surface area contributed by atoms with Gasteiger partial charge in [0.25, 0.3) is 5.91 Å². The van der Waals surface area contributed by atoms with Gasteiger partial charge in [-0.05, 0) is 56.5 Å². The minimum Gasteiger partial charge on any atom is -0.357 e. The first-order chi connectivity index (χ1) is 16.6. The Morgan fingerprint density at radius 3 is 2.68 bits per heavy atom. The monoisotopic (exact) mass is 501 g/mol. The van der Waals surface area contributed by atoms with Crippen LogP contribution in [0.5, 0.6) is 0 Å². The van der Waals surface area contributed by atoms with E-state index in [0.29, 0.717) is 34.2 Å². The summed E-state index contributed by atoms with van der Waals surface area (Å²) in [5.41, 5.74) is 1.76. The third-order valence-electron chi connectivity index (χ3n) is 6.86. The number of carbonyl (C=O) groups excluding carboxylic acids is 1. The summed E-state index contributed by atoms with van der Waals surface area (Å²) in [6.07, 6.45) is 10.1. The van der Waals surface area contributed by atoms with Crippen LogP contribution < -0.4 is 10.2 Å². The number of aromatic nitrogens is 2. The first-order valence-electron chi connectivity index (χ1n) is 12.6. The van der Waals surface area contributed by atoms with E-state index in [0.717, 1.165) is 31.0 Å². The summed E-state index contributed by atoms with van der Waals surface area (Å²) in [5, 5.41) is 4.21. The van der Waals surface area contributed by atoms with E-state index in [1.165, 1.54) is 51.4 Å². The van der Waals surface area contributed by atoms with Gasteiger partial charge in [-0.3, -0.25) is 4.79 Å². The highest BCUT2D eigenvalue weighted by atomic mass is 35.5. The van der Waals surface area contributed by atoms with Crippen molar-refractivity contribution in [3.8, 4) is 0 Å². The Bertz CT molecular complexity index is 947. The Morgan fingerprint density at radius 1 is 1.12 bits per heavy atom. The second kappa shape index (κ2) is 12.8. The summed E-state index contributed by atoms with van der Waals surface area (Å²) in [5.74, 6) is 1.55. The van der Waals surface area contributed by atoms with Crippen molar-refractivity contribution in [3.05, 3.63) is 46.6 Å². The maximum absolute atomic E-state index is 12.6. The van der Waals surface area contributed by atoms with Gasteiger partial charge in [-0.25, -0.2) is 9.97 Å². The van der Waals surface area contributed by atoms with Gasteiger partial charge in [-0.1, -0.05) is 61.2 Å². The Balaban J connectivity index is 1.31. The molecule has 4 rings (SSSR count). The summed E-state index contributed by atoms with van der Waals surface area (Å²) >= 11 is 7.89. The maximum atomic E-state index is 12.6. The average Bonchev–Trinajstić information content (AvgIpc) is 2.88. The van der Waals surface area contributed by atoms with Crippen molar-refractivity contribution in [3.63, 3.8) is 0 Å². The minimum atomic E-state index is -0.0146. The predicted octanol–water partition coefficient (Wildman–Crippen LogP) is 5.41. The second-order valence-electron chi connectivity index (χ2n) is 9.38. The van der Waals surface area contributed by atoms with Gasteiger partial charge in [-0.15, -0.1) is 0 Å². The summed E-state index contributed by atoms with van der Waals surface area (Å²) < 4.78 is 0. The molecule has 0 bridgehead atoms. The van der Waals surface area contributed by atoms with Crippen LogP contribution in [0.25, 0.3) is 0 Å². The first-order valence-corrected chi connectivity index (χ1v) is 13.9. The van der Waals surface area contributed by atoms with Crippen molar-refractivity contribution < 1.29 is 4.79 Å². The standard InChI is InChI=1S/C26H36ClN5OS/c1-31(22-11-4-2-5-12-22)24-18-23(27)29-26(30-24)34-19-20-9-8-10-21(17-20)25(33)28-13-16-32-14-6-3-7-15-32/h8-10,17-18,22H,2-7,11-16,19H2,1H3,(H,28,33). The fourth-order valence-corrected chi connectivity index (χ4v) is 5.87. The Kier molecular flexibility index (Phi) is 9.48. The number of benzene rings is 1. The SMILES string of the molecule is CN(c1cc(Cl)nc(SCc2cccc(C(=O)NCCN3CCCCC3)c2)n1)C1CCCCC1. The Morgan fingerprint density at radius 2 is 1.88 bits per heavy atom. The molecule has 1 saturated carbocycles. The van der Waals surface area contributed by atoms with Gasteiger partial charge in [0.1, 0.15) is 11.0 Å². The first kappa shape index (κ1) is 25.3. The lowest BCUT2D eigenvalue weighted by molar-refractivity contribution is 0.0946. The van der Waals surface area contributed by atoms with E-state index >= 15 is 0 Å². The van der Waals surface area contributed by atoms with E-state index in [2.05, 4.69) is 27.1 Å². The van der Waals surface area contributed by atoms with Gasteiger partial charge in [0.2, 0.25) is 0 Å². The molecule has 2 heterocycles. The molecule has 1 aromatic heterocycles. The molecule has 2 fully saturated rings. The maximum Gasteiger partial charge on any atom is 0.251 e. The Hall–Kier alpha value is -1.83. The molecule has 0 spiro atoms. The van der Waals surface area contributed by atoms with E-state index < -0.39 is 0 Å². The fourth-order valence-electron chi connectivity index (χ4n) is 4.85. The molecule has 0 radical (unpaired) electrons. The molecule has 8 heteroatoms. The molecule has 1 saturated heterocycles. The Labute approximate surface area is 212 Å². The molecule has 6 nitrogen and oxygen atoms in total. The van der Waals surface area contributed by atoms with Crippen molar-refractivity contribution in [2.75, 3.05) is 38.1 Å². The van der Waals surface area contributed by atoms with E-state index in [9.17, 15) is 4.79 Å². The number of thioether (sulfide) groups is 1. The number of hydrogen-bond donors (Lipinski definition) is 1. The fraction of sp³-hybridized carbons (Fsp3) is 0.577. The van der Waals surface area contributed by atoms with Crippen LogP contribution in [-0.4, -0.2) is 60.0 Å². The highest BCUT2D eigenvalue weighted by Crippen LogP contribution is 2.29. The molecular formula is C26H36ClN5OS. The number of piperidine rings is 1. The van der Waals surface area contributed by atoms with E-state index in [-0.39, 0.29) is 5.91 Å². The predicted molar refractivity (Wildman–Crippen MR) is 141 cm³/mol. The zero-order valence-corrected chi connectivity index (χ0v) is 21.7. The van der Waals surface area contributed by atoms with Crippen LogP contribution in [0.1, 0.15) is 67.3 Å². The molecule has 1 N–H and O–H groups in total. The molecule has 2 aliphatic rings. The van der Waals surface area contributed by atoms with Gasteiger partial charge in [0.05, 0.1) is 0 Å². The molecule has 1 amide bonds. The number of rotatable bonds is 9. The van der Waals surface area contributed by atoms with Crippen LogP contribution in [-0.2, 0) is 5.75 Å². The van der Waals surface area contributed by atoms with Gasteiger partial charge >= 0.3 is 0 Å². The van der Waals surface area contributed by atoms with Crippen molar-refractivity contribution in [2.24, 2.45) is 0 Å². The van der Waals surface area contributed by atoms with Gasteiger partial charge in [-0.2, -0.15) is 0 Å². The number of likely N-dealkylation sites (tertiary alicyclic amines) is 1. The molecule has 1 aromatic carbocycles. The van der Waals surface area contributed by atoms with Crippen LogP contribution in [0.4, 0.5) is 5.82 Å². The molecule has 2 aromatic rings. The molecule has 1 aliphatic carbocycles. The minimum absolute atomic E-state index is 0.0146. The number of hydrogen-bond acceptors (Lipinski definition) is 6. The van der Waals surface area contributed by atoms with Crippen molar-refractivity contribution in [1.29, 1.82) is 0 Å². The lowest BCUT2D eigenvalue weighted by atomic mass is 9.94. The van der Waals surface area contributed by atoms with Crippen LogP contribution in [0.3, 0.4) is 0 Å². The summed E-state index contributed by atoms with van der Waals surface area (Å²) in [6, 6.07) is 10.2. The van der Waals surface area contributed by atoms with Gasteiger partial charge < -0.3 is 15.1 Å². The van der Waals surface area contributed by atoms with Crippen LogP contribution >= 0.6 is 23.4 Å². The third kappa shape index (κ3) is 7.33. The highest BCUT2D eigenvalue weighted by molar-refractivity contribution is 7.98. The number of nitrogens with one attached hydrogen (secondary N) is 1. The molecule has 0 unspecified atom stereocenters. The van der Waals surface area contributed by atoms with E-state index in [1.807, 2.05) is 30.3 Å². The summed E-state index contributed by atoms with van der Waals surface area (Å²) in [4.78, 5) is 26.5. The summed E-state index contributed by atoms with van der Waals surface area (Å²) in [7, 11) is 2.11. The van der Waals surface area contributed by atoms with E-state index in [4.69, 9.17) is 16.6 Å². The zero-order valence-electron chi connectivity index (χ0n) is 20.1. The largest absolute Gasteiger partial charge is 0.357 e. The van der Waals surface area contributed by atoms with Gasteiger partial charge in [0.15, 0.2) is 5.16 Å². The third-order valence-corrected chi connectivity index (χ3v) is 7.98. The lowest BCUT2D eigenvalue weighted by Gasteiger charge is -2.32. The van der Waals surface area contributed by atoms with Gasteiger partial charge in [0, 0.05) is 43.6 Å². The van der Waals surface area contributed by atoms with Crippen molar-refractivity contribution in [2.45, 2.75) is 68.3 Å². The topological polar surface area (TPSA) is 61.4 Å². The molecule has 184 valence electrons. The van der Waals surface area contributed by atoms with Crippen LogP contribution in [0.2, 0.25) is 5.15 Å². The number of anilines is 1. The quantitative estimate of drug-likeness (QED) is 0.282. The molecular weight excluding hydrogens is 466 g/mol. The number of carbonyl (C=O) groups is 1.